The summed E-state index contributed by atoms with van der Waals surface area (Å²) in [5.41, 5.74) is 0. The Morgan fingerprint density at radius 3 is 2.77 bits per heavy atom. The summed E-state index contributed by atoms with van der Waals surface area (Å²) in [4.78, 5) is 23.8. The van der Waals surface area contributed by atoms with Gasteiger partial charge in [-0.2, -0.15) is 0 Å². The number of amides is 2. The van der Waals surface area contributed by atoms with Gasteiger partial charge in [-0.3, -0.25) is 9.59 Å². The largest absolute Gasteiger partial charge is 0.444 e. The monoisotopic (exact) mass is 368 g/mol. The zero-order valence-electron chi connectivity index (χ0n) is 12.6. The topological polar surface area (TPSA) is 71.3 Å². The number of hydrogen-bond donors (Lipinski definition) is 2. The molecule has 2 bridgehead atoms. The molecular formula is C16H21BrN2O3. The van der Waals surface area contributed by atoms with Crippen molar-refractivity contribution in [3.05, 3.63) is 22.6 Å². The molecule has 0 aliphatic heterocycles. The van der Waals surface area contributed by atoms with E-state index in [1.807, 2.05) is 0 Å². The number of carbonyl (C=O) groups excluding carboxylic acids is 2. The lowest BCUT2D eigenvalue weighted by atomic mass is 9.84. The van der Waals surface area contributed by atoms with Crippen LogP contribution in [0.5, 0.6) is 0 Å². The van der Waals surface area contributed by atoms with Crippen molar-refractivity contribution in [2.75, 3.05) is 6.54 Å². The maximum atomic E-state index is 12.0. The molecule has 5 nitrogen and oxygen atoms in total. The van der Waals surface area contributed by atoms with Gasteiger partial charge in [0.1, 0.15) is 0 Å². The summed E-state index contributed by atoms with van der Waals surface area (Å²) in [5, 5.41) is 5.60. The Hall–Kier alpha value is -1.30. The van der Waals surface area contributed by atoms with Gasteiger partial charge in [0, 0.05) is 6.04 Å². The van der Waals surface area contributed by atoms with Gasteiger partial charge in [-0.05, 0) is 72.0 Å². The van der Waals surface area contributed by atoms with E-state index < -0.39 is 0 Å². The summed E-state index contributed by atoms with van der Waals surface area (Å²) >= 11 is 3.14. The van der Waals surface area contributed by atoms with Crippen LogP contribution in [0.15, 0.2) is 21.2 Å². The van der Waals surface area contributed by atoms with Crippen LogP contribution in [0.2, 0.25) is 0 Å². The lowest BCUT2D eigenvalue weighted by Gasteiger charge is -2.28. The van der Waals surface area contributed by atoms with Gasteiger partial charge >= 0.3 is 0 Å². The zero-order chi connectivity index (χ0) is 15.7. The summed E-state index contributed by atoms with van der Waals surface area (Å²) in [6.07, 6.45) is 5.23. The molecule has 2 fully saturated rings. The number of rotatable bonds is 5. The van der Waals surface area contributed by atoms with Crippen molar-refractivity contribution in [2.45, 2.75) is 38.6 Å². The predicted molar refractivity (Wildman–Crippen MR) is 85.3 cm³/mol. The second-order valence-electron chi connectivity index (χ2n) is 6.48. The number of carbonyl (C=O) groups is 2. The first-order valence-corrected chi connectivity index (χ1v) is 8.65. The van der Waals surface area contributed by atoms with Gasteiger partial charge < -0.3 is 15.1 Å². The van der Waals surface area contributed by atoms with Crippen molar-refractivity contribution in [1.29, 1.82) is 0 Å². The second-order valence-corrected chi connectivity index (χ2v) is 7.26. The number of furan rings is 1. The molecule has 2 aliphatic rings. The fraction of sp³-hybridized carbons (Fsp3) is 0.625. The molecule has 1 aromatic rings. The fourth-order valence-electron chi connectivity index (χ4n) is 4.00. The van der Waals surface area contributed by atoms with Crippen LogP contribution in [0, 0.1) is 17.8 Å². The van der Waals surface area contributed by atoms with Crippen molar-refractivity contribution < 1.29 is 14.0 Å². The van der Waals surface area contributed by atoms with Gasteiger partial charge in [-0.25, -0.2) is 0 Å². The minimum Gasteiger partial charge on any atom is -0.444 e. The Bertz CT molecular complexity index is 571. The number of fused-ring (bicyclic) bond motifs is 2. The molecule has 4 unspecified atom stereocenters. The maximum absolute atomic E-state index is 12.0. The van der Waals surface area contributed by atoms with Crippen LogP contribution in [0.1, 0.15) is 43.2 Å². The Morgan fingerprint density at radius 2 is 2.18 bits per heavy atom. The molecule has 22 heavy (non-hydrogen) atoms. The van der Waals surface area contributed by atoms with Crippen molar-refractivity contribution in [2.24, 2.45) is 17.8 Å². The minimum absolute atomic E-state index is 0.0255. The average molecular weight is 369 g/mol. The van der Waals surface area contributed by atoms with Crippen LogP contribution in [0.3, 0.4) is 0 Å². The lowest BCUT2D eigenvalue weighted by Crippen LogP contribution is -2.44. The molecule has 0 radical (unpaired) electrons. The Labute approximate surface area is 138 Å². The molecule has 2 amide bonds. The molecule has 0 aromatic carbocycles. The lowest BCUT2D eigenvalue weighted by molar-refractivity contribution is -0.121. The zero-order valence-corrected chi connectivity index (χ0v) is 14.2. The first kappa shape index (κ1) is 15.6. The van der Waals surface area contributed by atoms with E-state index in [0.717, 1.165) is 11.8 Å². The molecule has 6 heteroatoms. The van der Waals surface area contributed by atoms with E-state index in [4.69, 9.17) is 4.42 Å². The number of hydrogen-bond acceptors (Lipinski definition) is 3. The molecule has 2 aliphatic carbocycles. The highest BCUT2D eigenvalue weighted by Crippen LogP contribution is 2.49. The SMILES string of the molecule is CC(NC(=O)CNC(=O)c1ccc(Br)o1)C1CC2CCC1C2. The van der Waals surface area contributed by atoms with Gasteiger partial charge in [-0.15, -0.1) is 0 Å². The Morgan fingerprint density at radius 1 is 1.36 bits per heavy atom. The van der Waals surface area contributed by atoms with Crippen LogP contribution in [0.25, 0.3) is 0 Å². The third-order valence-electron chi connectivity index (χ3n) is 5.03. The first-order chi connectivity index (χ1) is 10.5. The molecule has 1 aromatic heterocycles. The molecule has 120 valence electrons. The van der Waals surface area contributed by atoms with Crippen molar-refractivity contribution >= 4 is 27.7 Å². The Balaban J connectivity index is 1.43. The molecule has 1 heterocycles. The quantitative estimate of drug-likeness (QED) is 0.839. The normalized spacial score (nSPS) is 27.6. The summed E-state index contributed by atoms with van der Waals surface area (Å²) in [7, 11) is 0. The van der Waals surface area contributed by atoms with E-state index in [0.29, 0.717) is 10.6 Å². The third kappa shape index (κ3) is 3.37. The van der Waals surface area contributed by atoms with E-state index in [2.05, 4.69) is 33.5 Å². The van der Waals surface area contributed by atoms with Crippen LogP contribution >= 0.6 is 15.9 Å². The fourth-order valence-corrected chi connectivity index (χ4v) is 4.31. The predicted octanol–water partition coefficient (Wildman–Crippen LogP) is 2.71. The molecule has 3 rings (SSSR count). The second kappa shape index (κ2) is 6.44. The molecule has 2 N–H and O–H groups in total. The highest BCUT2D eigenvalue weighted by Gasteiger charge is 2.42. The highest BCUT2D eigenvalue weighted by atomic mass is 79.9. The molecule has 4 atom stereocenters. The average Bonchev–Trinajstić information content (AvgIpc) is 3.20. The molecule has 0 spiro atoms. The Kier molecular flexibility index (Phi) is 4.57. The van der Waals surface area contributed by atoms with Crippen LogP contribution in [-0.4, -0.2) is 24.4 Å². The van der Waals surface area contributed by atoms with Crippen LogP contribution < -0.4 is 10.6 Å². The van der Waals surface area contributed by atoms with E-state index in [9.17, 15) is 9.59 Å². The van der Waals surface area contributed by atoms with E-state index >= 15 is 0 Å². The minimum atomic E-state index is -0.381. The smallest absolute Gasteiger partial charge is 0.287 e. The summed E-state index contributed by atoms with van der Waals surface area (Å²) in [5.74, 6) is 1.91. The van der Waals surface area contributed by atoms with E-state index in [-0.39, 0.29) is 30.2 Å². The third-order valence-corrected chi connectivity index (χ3v) is 5.46. The van der Waals surface area contributed by atoms with Crippen molar-refractivity contribution in [1.82, 2.24) is 10.6 Å². The summed E-state index contributed by atoms with van der Waals surface area (Å²) in [6.45, 7) is 2.05. The van der Waals surface area contributed by atoms with Gasteiger partial charge in [0.05, 0.1) is 6.54 Å². The number of halogens is 1. The van der Waals surface area contributed by atoms with Gasteiger partial charge in [0.2, 0.25) is 5.91 Å². The molecule has 2 saturated carbocycles. The van der Waals surface area contributed by atoms with E-state index in [1.165, 1.54) is 25.7 Å². The van der Waals surface area contributed by atoms with Gasteiger partial charge in [-0.1, -0.05) is 6.42 Å². The number of nitrogens with one attached hydrogen (secondary N) is 2. The summed E-state index contributed by atoms with van der Waals surface area (Å²) < 4.78 is 5.64. The van der Waals surface area contributed by atoms with Crippen molar-refractivity contribution in [3.8, 4) is 0 Å². The molecule has 0 saturated heterocycles. The maximum Gasteiger partial charge on any atom is 0.287 e. The molecular weight excluding hydrogens is 348 g/mol. The summed E-state index contributed by atoms with van der Waals surface area (Å²) in [6, 6.07) is 3.39. The van der Waals surface area contributed by atoms with Gasteiger partial charge in [0.15, 0.2) is 10.4 Å². The standard InChI is InChI=1S/C16H21BrN2O3/c1-9(12-7-10-2-3-11(12)6-10)19-15(20)8-18-16(21)13-4-5-14(17)22-13/h4-5,9-12H,2-3,6-8H2,1H3,(H,18,21)(H,19,20). The van der Waals surface area contributed by atoms with Gasteiger partial charge in [0.25, 0.3) is 5.91 Å². The first-order valence-electron chi connectivity index (χ1n) is 7.86. The van der Waals surface area contributed by atoms with Crippen molar-refractivity contribution in [3.63, 3.8) is 0 Å². The van der Waals surface area contributed by atoms with Crippen LogP contribution in [-0.2, 0) is 4.79 Å². The van der Waals surface area contributed by atoms with Crippen LogP contribution in [0.4, 0.5) is 0 Å². The van der Waals surface area contributed by atoms with E-state index in [1.54, 1.807) is 12.1 Å². The highest BCUT2D eigenvalue weighted by molar-refractivity contribution is 9.10.